The number of halogens is 2. The van der Waals surface area contributed by atoms with Gasteiger partial charge in [-0.3, -0.25) is 4.79 Å². The molecule has 27 heavy (non-hydrogen) atoms. The Morgan fingerprint density at radius 2 is 2.07 bits per heavy atom. The normalized spacial score (nSPS) is 54.0. The Labute approximate surface area is 165 Å². The minimum Gasteiger partial charge on any atom is -0.390 e. The fraction of sp³-hybridized carbons (Fsp3) is 0.773. The van der Waals surface area contributed by atoms with Crippen LogP contribution in [0, 0.1) is 28.6 Å². The molecule has 5 heteroatoms. The fourth-order valence-electron chi connectivity index (χ4n) is 7.42. The van der Waals surface area contributed by atoms with E-state index >= 15 is 4.39 Å². The molecule has 3 nitrogen and oxygen atoms in total. The third kappa shape index (κ3) is 2.08. The lowest BCUT2D eigenvalue weighted by Gasteiger charge is -2.63. The van der Waals surface area contributed by atoms with E-state index in [4.69, 9.17) is 11.6 Å². The predicted octanol–water partition coefficient (Wildman–Crippen LogP) is 3.96. The summed E-state index contributed by atoms with van der Waals surface area (Å²) in [4.78, 5) is 12.7. The number of hydrogen-bond acceptors (Lipinski definition) is 3. The number of aliphatic hydroxyl groups is 2. The van der Waals surface area contributed by atoms with Gasteiger partial charge in [0.05, 0.1) is 12.0 Å². The molecule has 4 rings (SSSR count). The van der Waals surface area contributed by atoms with Gasteiger partial charge in [0.2, 0.25) is 0 Å². The summed E-state index contributed by atoms with van der Waals surface area (Å²) in [5, 5.41) is 22.7. The molecule has 4 aliphatic rings. The van der Waals surface area contributed by atoms with E-state index in [1.54, 1.807) is 0 Å². The molecule has 3 fully saturated rings. The van der Waals surface area contributed by atoms with Crippen LogP contribution in [-0.4, -0.2) is 39.3 Å². The van der Waals surface area contributed by atoms with Gasteiger partial charge in [0, 0.05) is 16.7 Å². The highest BCUT2D eigenvalue weighted by molar-refractivity contribution is 6.29. The third-order valence-electron chi connectivity index (χ3n) is 8.92. The number of fused-ring (bicyclic) bond motifs is 5. The van der Waals surface area contributed by atoms with Crippen LogP contribution in [0.15, 0.2) is 23.8 Å². The van der Waals surface area contributed by atoms with E-state index in [2.05, 4.69) is 0 Å². The minimum atomic E-state index is -1.75. The van der Waals surface area contributed by atoms with Gasteiger partial charge in [-0.25, -0.2) is 4.39 Å². The molecule has 8 atom stereocenters. The molecule has 0 radical (unpaired) electrons. The minimum absolute atomic E-state index is 0.0840. The van der Waals surface area contributed by atoms with E-state index in [0.717, 1.165) is 12.0 Å². The van der Waals surface area contributed by atoms with Crippen molar-refractivity contribution in [3.8, 4) is 0 Å². The Balaban J connectivity index is 1.83. The van der Waals surface area contributed by atoms with E-state index in [-0.39, 0.29) is 30.1 Å². The lowest BCUT2D eigenvalue weighted by Crippen LogP contribution is -2.69. The monoisotopic (exact) mass is 396 g/mol. The second-order valence-electron chi connectivity index (χ2n) is 9.77. The Morgan fingerprint density at radius 1 is 1.37 bits per heavy atom. The zero-order chi connectivity index (χ0) is 19.8. The summed E-state index contributed by atoms with van der Waals surface area (Å²) in [7, 11) is 0. The average molecular weight is 397 g/mol. The molecule has 0 bridgehead atoms. The summed E-state index contributed by atoms with van der Waals surface area (Å²) < 4.78 is 16.9. The molecule has 0 aromatic carbocycles. The summed E-state index contributed by atoms with van der Waals surface area (Å²) in [6.07, 6.45) is 7.44. The average Bonchev–Trinajstić information content (AvgIpc) is 2.83. The van der Waals surface area contributed by atoms with Gasteiger partial charge >= 0.3 is 0 Å². The summed E-state index contributed by atoms with van der Waals surface area (Å²) >= 11 is 5.83. The Morgan fingerprint density at radius 3 is 2.74 bits per heavy atom. The molecule has 0 saturated heterocycles. The zero-order valence-electron chi connectivity index (χ0n) is 16.3. The van der Waals surface area contributed by atoms with Gasteiger partial charge in [0.1, 0.15) is 11.3 Å². The van der Waals surface area contributed by atoms with Crippen molar-refractivity contribution in [1.29, 1.82) is 0 Å². The van der Waals surface area contributed by atoms with Crippen molar-refractivity contribution in [3.05, 3.63) is 23.8 Å². The van der Waals surface area contributed by atoms with Crippen LogP contribution in [0.2, 0.25) is 0 Å². The molecule has 4 aliphatic carbocycles. The number of alkyl halides is 2. The van der Waals surface area contributed by atoms with Crippen molar-refractivity contribution in [2.24, 2.45) is 28.6 Å². The quantitative estimate of drug-likeness (QED) is 0.694. The molecule has 0 aliphatic heterocycles. The largest absolute Gasteiger partial charge is 0.390 e. The van der Waals surface area contributed by atoms with E-state index in [0.29, 0.717) is 19.3 Å². The van der Waals surface area contributed by atoms with E-state index in [1.807, 2.05) is 39.0 Å². The van der Waals surface area contributed by atoms with Crippen LogP contribution in [-0.2, 0) is 4.79 Å². The first kappa shape index (κ1) is 19.6. The van der Waals surface area contributed by atoms with Crippen LogP contribution >= 0.6 is 11.6 Å². The molecule has 0 amide bonds. The number of allylic oxidation sites excluding steroid dienone is 4. The standard InChI is InChI=1S/C22H30ClFO3/c1-13-10-16-15-8-7-14-6-4-5-9-19(14,2)21(15,24)17(25)11-20(16,3)22(13,27)18(26)12-23/h4-6,13,15-17,25,27H,7-12H2,1-3H3/t13-,15-,16-,17-,19-,20-,21-,22-/m0/s1. The topological polar surface area (TPSA) is 57.5 Å². The van der Waals surface area contributed by atoms with Gasteiger partial charge in [-0.05, 0) is 43.9 Å². The molecule has 0 heterocycles. The van der Waals surface area contributed by atoms with Crippen LogP contribution in [0.1, 0.15) is 52.9 Å². The number of hydrogen-bond donors (Lipinski definition) is 2. The van der Waals surface area contributed by atoms with Crippen molar-refractivity contribution < 1.29 is 19.4 Å². The van der Waals surface area contributed by atoms with Gasteiger partial charge in [-0.15, -0.1) is 11.6 Å². The molecule has 0 aromatic rings. The molecule has 0 aromatic heterocycles. The second kappa shape index (κ2) is 5.90. The van der Waals surface area contributed by atoms with E-state index < -0.39 is 34.0 Å². The lowest BCUT2D eigenvalue weighted by molar-refractivity contribution is -0.225. The van der Waals surface area contributed by atoms with Crippen molar-refractivity contribution in [2.75, 3.05) is 5.88 Å². The molecule has 2 N–H and O–H groups in total. The van der Waals surface area contributed by atoms with Crippen molar-refractivity contribution in [1.82, 2.24) is 0 Å². The molecular weight excluding hydrogens is 367 g/mol. The smallest absolute Gasteiger partial charge is 0.179 e. The van der Waals surface area contributed by atoms with Gasteiger partial charge in [-0.2, -0.15) is 0 Å². The summed E-state index contributed by atoms with van der Waals surface area (Å²) in [5.41, 5.74) is -3.87. The van der Waals surface area contributed by atoms with E-state index in [9.17, 15) is 15.0 Å². The number of Topliss-reactive ketones (excluding diaryl/α,β-unsaturated/α-hetero) is 1. The first-order valence-corrected chi connectivity index (χ1v) is 10.7. The molecule has 0 unspecified atom stereocenters. The van der Waals surface area contributed by atoms with Crippen LogP contribution < -0.4 is 0 Å². The number of rotatable bonds is 2. The SMILES string of the molecule is C[C@H]1C[C@H]2[C@@H]3CCC4=CC=CC[C@]4(C)[C@@]3(F)[C@@H](O)C[C@]2(C)[C@@]1(O)C(=O)CCl. The van der Waals surface area contributed by atoms with Gasteiger partial charge < -0.3 is 10.2 Å². The predicted molar refractivity (Wildman–Crippen MR) is 103 cm³/mol. The van der Waals surface area contributed by atoms with Gasteiger partial charge in [0.25, 0.3) is 0 Å². The molecule has 3 saturated carbocycles. The number of ketones is 1. The molecule has 0 spiro atoms. The summed E-state index contributed by atoms with van der Waals surface area (Å²) in [6.45, 7) is 5.66. The Hall–Kier alpha value is -0.710. The highest BCUT2D eigenvalue weighted by Crippen LogP contribution is 2.71. The van der Waals surface area contributed by atoms with Crippen molar-refractivity contribution in [2.45, 2.75) is 70.2 Å². The highest BCUT2D eigenvalue weighted by Gasteiger charge is 2.75. The number of aliphatic hydroxyl groups excluding tert-OH is 1. The highest BCUT2D eigenvalue weighted by atomic mass is 35.5. The fourth-order valence-corrected chi connectivity index (χ4v) is 7.63. The van der Waals surface area contributed by atoms with Crippen molar-refractivity contribution in [3.63, 3.8) is 0 Å². The van der Waals surface area contributed by atoms with Gasteiger partial charge in [-0.1, -0.05) is 44.6 Å². The van der Waals surface area contributed by atoms with Crippen LogP contribution in [0.4, 0.5) is 4.39 Å². The summed E-state index contributed by atoms with van der Waals surface area (Å²) in [6, 6.07) is 0. The van der Waals surface area contributed by atoms with Crippen LogP contribution in [0.5, 0.6) is 0 Å². The zero-order valence-corrected chi connectivity index (χ0v) is 17.1. The maximum atomic E-state index is 16.9. The van der Waals surface area contributed by atoms with Crippen molar-refractivity contribution >= 4 is 17.4 Å². The Bertz CT molecular complexity index is 735. The molecule has 150 valence electrons. The number of carbonyl (C=O) groups excluding carboxylic acids is 1. The second-order valence-corrected chi connectivity index (χ2v) is 10.0. The first-order valence-electron chi connectivity index (χ1n) is 10.1. The maximum absolute atomic E-state index is 16.9. The van der Waals surface area contributed by atoms with Crippen LogP contribution in [0.25, 0.3) is 0 Å². The third-order valence-corrected chi connectivity index (χ3v) is 9.17. The molecular formula is C22H30ClFO3. The number of carbonyl (C=O) groups is 1. The Kier molecular flexibility index (Phi) is 4.28. The van der Waals surface area contributed by atoms with Crippen LogP contribution in [0.3, 0.4) is 0 Å². The van der Waals surface area contributed by atoms with E-state index in [1.165, 1.54) is 0 Å². The lowest BCUT2D eigenvalue weighted by atomic mass is 9.44. The summed E-state index contributed by atoms with van der Waals surface area (Å²) in [5.74, 6) is -1.49. The first-order chi connectivity index (χ1) is 12.6. The maximum Gasteiger partial charge on any atom is 0.179 e. The van der Waals surface area contributed by atoms with Gasteiger partial charge in [0.15, 0.2) is 5.78 Å².